The van der Waals surface area contributed by atoms with Crippen LogP contribution in [0.5, 0.6) is 11.5 Å². The van der Waals surface area contributed by atoms with E-state index in [9.17, 15) is 14.4 Å². The number of ether oxygens (including phenoxy) is 3. The molecule has 0 bridgehead atoms. The van der Waals surface area contributed by atoms with Crippen molar-refractivity contribution < 1.29 is 28.3 Å². The molecule has 1 N–H and O–H groups in total. The molecule has 4 rings (SSSR count). The van der Waals surface area contributed by atoms with Gasteiger partial charge in [0.25, 0.3) is 11.5 Å². The topological polar surface area (TPSA) is 121 Å². The van der Waals surface area contributed by atoms with E-state index in [1.165, 1.54) is 25.3 Å². The van der Waals surface area contributed by atoms with Crippen molar-refractivity contribution in [3.63, 3.8) is 0 Å². The lowest BCUT2D eigenvalue weighted by Gasteiger charge is -2.13. The maximum atomic E-state index is 12.7. The Kier molecular flexibility index (Phi) is 7.05. The highest BCUT2D eigenvalue weighted by Gasteiger charge is 2.15. The summed E-state index contributed by atoms with van der Waals surface area (Å²) in [5.41, 5.74) is 2.57. The molecular formula is C26H25N3O7. The molecule has 0 saturated heterocycles. The van der Waals surface area contributed by atoms with E-state index in [1.54, 1.807) is 19.1 Å². The summed E-state index contributed by atoms with van der Waals surface area (Å²) in [4.78, 5) is 41.6. The molecule has 2 heterocycles. The maximum Gasteiger partial charge on any atom is 0.338 e. The molecule has 0 fully saturated rings. The van der Waals surface area contributed by atoms with Crippen LogP contribution in [0, 0.1) is 20.8 Å². The predicted molar refractivity (Wildman–Crippen MR) is 131 cm³/mol. The molecule has 0 radical (unpaired) electrons. The van der Waals surface area contributed by atoms with Crippen LogP contribution in [0.4, 0.5) is 5.69 Å². The van der Waals surface area contributed by atoms with Gasteiger partial charge < -0.3 is 24.1 Å². The summed E-state index contributed by atoms with van der Waals surface area (Å²) in [7, 11) is 1.45. The highest BCUT2D eigenvalue weighted by atomic mass is 16.5. The first-order valence-corrected chi connectivity index (χ1v) is 11.1. The highest BCUT2D eigenvalue weighted by molar-refractivity contribution is 5.96. The zero-order chi connectivity index (χ0) is 25.8. The van der Waals surface area contributed by atoms with Gasteiger partial charge in [-0.2, -0.15) is 0 Å². The number of rotatable bonds is 8. The van der Waals surface area contributed by atoms with E-state index in [4.69, 9.17) is 18.7 Å². The second-order valence-corrected chi connectivity index (χ2v) is 8.18. The molecule has 0 unspecified atom stereocenters. The highest BCUT2D eigenvalue weighted by Crippen LogP contribution is 2.26. The van der Waals surface area contributed by atoms with Gasteiger partial charge >= 0.3 is 5.97 Å². The first-order valence-electron chi connectivity index (χ1n) is 11.1. The van der Waals surface area contributed by atoms with Gasteiger partial charge in [0.1, 0.15) is 23.9 Å². The van der Waals surface area contributed by atoms with E-state index in [1.807, 2.05) is 32.0 Å². The van der Waals surface area contributed by atoms with Crippen LogP contribution in [-0.2, 0) is 16.1 Å². The first-order chi connectivity index (χ1) is 17.2. The number of carbonyl (C=O) groups excluding carboxylic acids is 2. The quantitative estimate of drug-likeness (QED) is 0.371. The van der Waals surface area contributed by atoms with Crippen molar-refractivity contribution in [2.45, 2.75) is 27.4 Å². The zero-order valence-electron chi connectivity index (χ0n) is 20.3. The lowest BCUT2D eigenvalue weighted by molar-refractivity contribution is -0.118. The van der Waals surface area contributed by atoms with Crippen molar-refractivity contribution in [2.75, 3.05) is 19.0 Å². The number of aromatic nitrogens is 2. The number of hydrogen-bond acceptors (Lipinski definition) is 8. The molecule has 4 aromatic rings. The number of nitrogens with one attached hydrogen (secondary N) is 1. The molecule has 186 valence electrons. The van der Waals surface area contributed by atoms with Gasteiger partial charge in [-0.05, 0) is 56.2 Å². The molecule has 10 nitrogen and oxygen atoms in total. The van der Waals surface area contributed by atoms with Crippen molar-refractivity contribution in [1.82, 2.24) is 9.56 Å². The molecule has 0 saturated carbocycles. The second kappa shape index (κ2) is 10.3. The first kappa shape index (κ1) is 24.5. The molecule has 1 amide bonds. The smallest absolute Gasteiger partial charge is 0.338 e. The van der Waals surface area contributed by atoms with Crippen LogP contribution in [-0.4, -0.2) is 35.2 Å². The number of amides is 1. The van der Waals surface area contributed by atoms with E-state index < -0.39 is 17.4 Å². The minimum Gasteiger partial charge on any atom is -0.495 e. The van der Waals surface area contributed by atoms with Gasteiger partial charge in [-0.25, -0.2) is 9.78 Å². The average molecular weight is 492 g/mol. The third kappa shape index (κ3) is 5.54. The Morgan fingerprint density at radius 1 is 1.03 bits per heavy atom. The minimum atomic E-state index is -0.662. The summed E-state index contributed by atoms with van der Waals surface area (Å²) in [6, 6.07) is 13.1. The van der Waals surface area contributed by atoms with Gasteiger partial charge in [-0.3, -0.25) is 9.59 Å². The molecule has 0 aliphatic heterocycles. The van der Waals surface area contributed by atoms with Gasteiger partial charge in [-0.1, -0.05) is 12.1 Å². The van der Waals surface area contributed by atoms with Crippen LogP contribution in [0.25, 0.3) is 5.65 Å². The summed E-state index contributed by atoms with van der Waals surface area (Å²) in [5.74, 6) is 0.424. The standard InChI is InChI=1S/C26H25N3O7/c1-15-5-6-16(2)22(9-15)34-14-24(30)28-20-11-18(7-8-21(20)33-4)26(32)35-13-19-12-25(31)29-23(27-19)10-17(3)36-29/h5-12H,13-14H2,1-4H3,(H,28,30). The Morgan fingerprint density at radius 2 is 1.83 bits per heavy atom. The summed E-state index contributed by atoms with van der Waals surface area (Å²) < 4.78 is 22.6. The number of methoxy groups -OCH3 is 1. The fourth-order valence-corrected chi connectivity index (χ4v) is 3.50. The number of benzene rings is 2. The number of nitrogens with zero attached hydrogens (tertiary/aromatic N) is 2. The van der Waals surface area contributed by atoms with Gasteiger partial charge in [0.05, 0.1) is 24.1 Å². The molecule has 36 heavy (non-hydrogen) atoms. The van der Waals surface area contributed by atoms with Crippen molar-refractivity contribution in [2.24, 2.45) is 0 Å². The lowest BCUT2D eigenvalue weighted by atomic mass is 10.1. The van der Waals surface area contributed by atoms with Crippen LogP contribution >= 0.6 is 0 Å². The van der Waals surface area contributed by atoms with Crippen molar-refractivity contribution >= 4 is 23.2 Å². The zero-order valence-corrected chi connectivity index (χ0v) is 20.3. The van der Waals surface area contributed by atoms with Gasteiger partial charge in [0.2, 0.25) is 0 Å². The normalized spacial score (nSPS) is 10.8. The Balaban J connectivity index is 1.42. The number of fused-ring (bicyclic) bond motifs is 1. The molecule has 0 aliphatic rings. The van der Waals surface area contributed by atoms with Gasteiger partial charge in [0.15, 0.2) is 12.3 Å². The molecule has 0 atom stereocenters. The van der Waals surface area contributed by atoms with Gasteiger partial charge in [-0.15, -0.1) is 4.57 Å². The lowest BCUT2D eigenvalue weighted by Crippen LogP contribution is -2.21. The predicted octanol–water partition coefficient (Wildman–Crippen LogP) is 3.60. The van der Waals surface area contributed by atoms with E-state index in [0.29, 0.717) is 22.9 Å². The summed E-state index contributed by atoms with van der Waals surface area (Å²) >= 11 is 0. The number of anilines is 1. The third-order valence-corrected chi connectivity index (χ3v) is 5.29. The summed E-state index contributed by atoms with van der Waals surface area (Å²) in [5, 5.41) is 2.70. The Hall–Kier alpha value is -4.60. The molecule has 2 aromatic carbocycles. The van der Waals surface area contributed by atoms with Crippen molar-refractivity contribution in [1.29, 1.82) is 0 Å². The Bertz CT molecular complexity index is 1500. The fourth-order valence-electron chi connectivity index (χ4n) is 3.50. The Morgan fingerprint density at radius 3 is 2.61 bits per heavy atom. The number of hydrogen-bond donors (Lipinski definition) is 1. The molecular weight excluding hydrogens is 466 g/mol. The number of carbonyl (C=O) groups is 2. The number of aryl methyl sites for hydroxylation is 3. The molecule has 10 heteroatoms. The Labute approximate surface area is 206 Å². The molecule has 2 aromatic heterocycles. The van der Waals surface area contributed by atoms with Crippen molar-refractivity contribution in [3.8, 4) is 11.5 Å². The maximum absolute atomic E-state index is 12.7. The van der Waals surface area contributed by atoms with Crippen LogP contribution in [0.3, 0.4) is 0 Å². The third-order valence-electron chi connectivity index (χ3n) is 5.29. The largest absolute Gasteiger partial charge is 0.495 e. The van der Waals surface area contributed by atoms with Crippen LogP contribution in [0.2, 0.25) is 0 Å². The molecule has 0 aliphatic carbocycles. The fraction of sp³-hybridized carbons (Fsp3) is 0.231. The SMILES string of the molecule is COc1ccc(C(=O)OCc2cc(=O)n3oc(C)cc3n2)cc1NC(=O)COc1cc(C)ccc1C. The van der Waals surface area contributed by atoms with Crippen LogP contribution in [0.15, 0.2) is 57.8 Å². The average Bonchev–Trinajstić information content (AvgIpc) is 3.23. The van der Waals surface area contributed by atoms with Crippen LogP contribution < -0.4 is 20.3 Å². The second-order valence-electron chi connectivity index (χ2n) is 8.18. The van der Waals surface area contributed by atoms with Gasteiger partial charge in [0, 0.05) is 12.1 Å². The van der Waals surface area contributed by atoms with Crippen molar-refractivity contribution in [3.05, 3.63) is 87.0 Å². The summed E-state index contributed by atoms with van der Waals surface area (Å²) in [6.07, 6.45) is 0. The summed E-state index contributed by atoms with van der Waals surface area (Å²) in [6.45, 7) is 5.09. The van der Waals surface area contributed by atoms with E-state index >= 15 is 0 Å². The van der Waals surface area contributed by atoms with E-state index in [2.05, 4.69) is 10.3 Å². The minimum absolute atomic E-state index is 0.179. The van der Waals surface area contributed by atoms with E-state index in [0.717, 1.165) is 15.7 Å². The van der Waals surface area contributed by atoms with E-state index in [-0.39, 0.29) is 30.2 Å². The number of esters is 1. The van der Waals surface area contributed by atoms with Crippen LogP contribution in [0.1, 0.15) is 32.9 Å². The monoisotopic (exact) mass is 491 g/mol. The molecule has 0 spiro atoms.